The Morgan fingerprint density at radius 3 is 2.46 bits per heavy atom. The zero-order valence-corrected chi connectivity index (χ0v) is 24.6. The summed E-state index contributed by atoms with van der Waals surface area (Å²) in [5, 5.41) is 2.83. The molecule has 1 aliphatic carbocycles. The van der Waals surface area contributed by atoms with Gasteiger partial charge in [-0.1, -0.05) is 58.3 Å². The lowest BCUT2D eigenvalue weighted by Crippen LogP contribution is -2.47. The number of fused-ring (bicyclic) bond motifs is 1. The van der Waals surface area contributed by atoms with Gasteiger partial charge in [0.25, 0.3) is 5.91 Å². The molecule has 1 amide bonds. The Bertz CT molecular complexity index is 1400. The number of ether oxygens (including phenoxy) is 1. The Morgan fingerprint density at radius 2 is 1.85 bits per heavy atom. The second-order valence-corrected chi connectivity index (χ2v) is 12.3. The highest BCUT2D eigenvalue weighted by Gasteiger charge is 2.45. The third-order valence-corrected chi connectivity index (χ3v) is 9.17. The summed E-state index contributed by atoms with van der Waals surface area (Å²) in [6, 6.07) is 4.33. The molecule has 0 saturated heterocycles. The Kier molecular flexibility index (Phi) is 9.38. The van der Waals surface area contributed by atoms with Crippen LogP contribution in [0.3, 0.4) is 0 Å². The van der Waals surface area contributed by atoms with Crippen LogP contribution in [-0.2, 0) is 11.0 Å². The number of halogens is 3. The minimum atomic E-state index is -4.70. The van der Waals surface area contributed by atoms with Crippen LogP contribution in [-0.4, -0.2) is 28.4 Å². The molecule has 2 heterocycles. The van der Waals surface area contributed by atoms with Crippen LogP contribution in [0.2, 0.25) is 0 Å². The predicted octanol–water partition coefficient (Wildman–Crippen LogP) is 7.56. The predicted molar refractivity (Wildman–Crippen MR) is 154 cm³/mol. The molecule has 1 aliphatic rings. The van der Waals surface area contributed by atoms with Gasteiger partial charge in [-0.15, -0.1) is 0 Å². The number of alkyl halides is 3. The first-order chi connectivity index (χ1) is 19.4. The van der Waals surface area contributed by atoms with E-state index in [1.165, 1.54) is 11.3 Å². The van der Waals surface area contributed by atoms with E-state index in [1.807, 2.05) is 27.7 Å². The van der Waals surface area contributed by atoms with E-state index in [9.17, 15) is 22.8 Å². The van der Waals surface area contributed by atoms with E-state index in [0.717, 1.165) is 61.1 Å². The lowest BCUT2D eigenvalue weighted by atomic mass is 9.62. The zero-order chi connectivity index (χ0) is 29.9. The van der Waals surface area contributed by atoms with Gasteiger partial charge in [-0.3, -0.25) is 19.9 Å². The van der Waals surface area contributed by atoms with Crippen molar-refractivity contribution >= 4 is 38.6 Å². The highest BCUT2D eigenvalue weighted by atomic mass is 32.1. The Labute approximate surface area is 242 Å². The number of nitrogens with zero attached hydrogens (tertiary/aromatic N) is 2. The molecule has 1 aromatic carbocycles. The van der Waals surface area contributed by atoms with Crippen molar-refractivity contribution in [2.24, 2.45) is 23.0 Å². The second kappa shape index (κ2) is 12.4. The van der Waals surface area contributed by atoms with Gasteiger partial charge in [0.1, 0.15) is 11.3 Å². The van der Waals surface area contributed by atoms with E-state index >= 15 is 0 Å². The summed E-state index contributed by atoms with van der Waals surface area (Å²) in [5.41, 5.74) is 5.74. The summed E-state index contributed by atoms with van der Waals surface area (Å²) in [7, 11) is 0. The van der Waals surface area contributed by atoms with Crippen molar-refractivity contribution in [1.82, 2.24) is 9.97 Å². The van der Waals surface area contributed by atoms with Crippen molar-refractivity contribution in [3.05, 3.63) is 47.3 Å². The Hall–Kier alpha value is -3.05. The first kappa shape index (κ1) is 30.9. The van der Waals surface area contributed by atoms with Crippen LogP contribution in [0.5, 0.6) is 5.75 Å². The number of amides is 1. The molecule has 4 rings (SSSR count). The number of esters is 1. The number of nitrogens with one attached hydrogen (secondary N) is 1. The van der Waals surface area contributed by atoms with Gasteiger partial charge in [0.05, 0.1) is 27.4 Å². The maximum absolute atomic E-state index is 13.6. The van der Waals surface area contributed by atoms with E-state index < -0.39 is 40.5 Å². The van der Waals surface area contributed by atoms with Gasteiger partial charge in [0.15, 0.2) is 5.13 Å². The van der Waals surface area contributed by atoms with Crippen molar-refractivity contribution in [2.75, 3.05) is 11.9 Å². The number of rotatable bonds is 9. The van der Waals surface area contributed by atoms with Gasteiger partial charge in [-0.05, 0) is 61.4 Å². The fraction of sp³-hybridized carbons (Fsp3) is 0.533. The van der Waals surface area contributed by atoms with Crippen LogP contribution in [0.4, 0.5) is 18.3 Å². The molecule has 41 heavy (non-hydrogen) atoms. The van der Waals surface area contributed by atoms with Crippen molar-refractivity contribution < 1.29 is 27.5 Å². The molecule has 0 spiro atoms. The number of carbonyl (C=O) groups excluding carboxylic acids is 2. The fourth-order valence-electron chi connectivity index (χ4n) is 5.92. The van der Waals surface area contributed by atoms with Gasteiger partial charge < -0.3 is 10.5 Å². The van der Waals surface area contributed by atoms with E-state index in [-0.39, 0.29) is 22.7 Å². The second-order valence-electron chi connectivity index (χ2n) is 11.3. The third kappa shape index (κ3) is 6.56. The summed E-state index contributed by atoms with van der Waals surface area (Å²) in [6.45, 7) is 8.18. The first-order valence-corrected chi connectivity index (χ1v) is 14.9. The molecule has 2 atom stereocenters. The van der Waals surface area contributed by atoms with E-state index in [0.29, 0.717) is 18.1 Å². The Balaban J connectivity index is 1.68. The number of hydrogen-bond donors (Lipinski definition) is 2. The molecule has 11 heteroatoms. The van der Waals surface area contributed by atoms with Crippen LogP contribution in [0.25, 0.3) is 10.2 Å². The van der Waals surface area contributed by atoms with E-state index in [2.05, 4.69) is 15.3 Å². The molecule has 0 radical (unpaired) electrons. The maximum Gasteiger partial charge on any atom is 0.416 e. The largest absolute Gasteiger partial charge is 0.425 e. The number of carbonyl (C=O) groups is 2. The maximum atomic E-state index is 13.6. The van der Waals surface area contributed by atoms with Crippen LogP contribution in [0.1, 0.15) is 93.8 Å². The van der Waals surface area contributed by atoms with Crippen LogP contribution in [0.15, 0.2) is 30.5 Å². The summed E-state index contributed by atoms with van der Waals surface area (Å²) in [5.74, 6) is -2.24. The average molecular weight is 591 g/mol. The summed E-state index contributed by atoms with van der Waals surface area (Å²) in [6.07, 6.45) is 2.30. The Morgan fingerprint density at radius 1 is 1.15 bits per heavy atom. The van der Waals surface area contributed by atoms with Crippen molar-refractivity contribution in [3.63, 3.8) is 0 Å². The van der Waals surface area contributed by atoms with Crippen LogP contribution in [0, 0.1) is 17.3 Å². The molecular formula is C30H37F3N4O3S. The van der Waals surface area contributed by atoms with Crippen LogP contribution >= 0.6 is 11.3 Å². The first-order valence-electron chi connectivity index (χ1n) is 14.1. The van der Waals surface area contributed by atoms with Crippen molar-refractivity contribution in [3.8, 4) is 5.75 Å². The smallest absolute Gasteiger partial charge is 0.416 e. The molecule has 222 valence electrons. The molecule has 3 aromatic rings. The van der Waals surface area contributed by atoms with Crippen molar-refractivity contribution in [2.45, 2.75) is 78.3 Å². The number of nitrogens with two attached hydrogens (primary N) is 1. The quantitative estimate of drug-likeness (QED) is 0.197. The van der Waals surface area contributed by atoms with Gasteiger partial charge in [0, 0.05) is 12.1 Å². The van der Waals surface area contributed by atoms with Crippen molar-refractivity contribution in [1.29, 1.82) is 0 Å². The molecular weight excluding hydrogens is 553 g/mol. The number of aromatic nitrogens is 2. The molecule has 2 unspecified atom stereocenters. The SMILES string of the molecule is CCC(C)c1nccc2sc(NC(=O)c3cc(C(F)(F)F)ccc3OC(=O)C(C(C)C)C3(CN)CCCCC3)nc12. The fourth-order valence-corrected chi connectivity index (χ4v) is 6.78. The zero-order valence-electron chi connectivity index (χ0n) is 23.8. The van der Waals surface area contributed by atoms with Crippen LogP contribution < -0.4 is 15.8 Å². The monoisotopic (exact) mass is 590 g/mol. The minimum Gasteiger partial charge on any atom is -0.425 e. The molecule has 2 aromatic heterocycles. The lowest BCUT2D eigenvalue weighted by molar-refractivity contribution is -0.147. The summed E-state index contributed by atoms with van der Waals surface area (Å²) in [4.78, 5) is 36.0. The topological polar surface area (TPSA) is 107 Å². The van der Waals surface area contributed by atoms with E-state index in [4.69, 9.17) is 10.5 Å². The summed E-state index contributed by atoms with van der Waals surface area (Å²) < 4.78 is 47.5. The molecule has 0 bridgehead atoms. The molecule has 3 N–H and O–H groups in total. The molecule has 7 nitrogen and oxygen atoms in total. The molecule has 0 aliphatic heterocycles. The summed E-state index contributed by atoms with van der Waals surface area (Å²) >= 11 is 1.19. The highest BCUT2D eigenvalue weighted by molar-refractivity contribution is 7.22. The molecule has 1 saturated carbocycles. The number of thiazole rings is 1. The highest BCUT2D eigenvalue weighted by Crippen LogP contribution is 2.46. The van der Waals surface area contributed by atoms with Gasteiger partial charge in [0.2, 0.25) is 0 Å². The third-order valence-electron chi connectivity index (χ3n) is 8.23. The number of pyridine rings is 1. The lowest BCUT2D eigenvalue weighted by Gasteiger charge is -2.43. The van der Waals surface area contributed by atoms with Gasteiger partial charge in [-0.2, -0.15) is 13.2 Å². The number of hydrogen-bond acceptors (Lipinski definition) is 7. The number of benzene rings is 1. The normalized spacial score (nSPS) is 16.9. The average Bonchev–Trinajstić information content (AvgIpc) is 3.35. The van der Waals surface area contributed by atoms with E-state index in [1.54, 1.807) is 12.3 Å². The van der Waals surface area contributed by atoms with Gasteiger partial charge in [-0.25, -0.2) is 4.98 Å². The minimum absolute atomic E-state index is 0.119. The number of anilines is 1. The van der Waals surface area contributed by atoms with Gasteiger partial charge >= 0.3 is 12.1 Å². The standard InChI is InChI=1S/C30H37F3N4O3S/c1-5-18(4)24-25-22(11-14-35-24)41-28(36-25)37-26(38)20-15-19(30(31,32)33)9-10-21(20)40-27(39)23(17(2)3)29(16-34)12-7-6-8-13-29/h9-11,14-15,17-18,23H,5-8,12-13,16,34H2,1-4H3,(H,36,37,38). The molecule has 1 fully saturated rings.